The summed E-state index contributed by atoms with van der Waals surface area (Å²) in [5.74, 6) is 0. The Bertz CT molecular complexity index is 526. The first-order chi connectivity index (χ1) is 9.13. The van der Waals surface area contributed by atoms with Crippen LogP contribution in [0.2, 0.25) is 5.02 Å². The van der Waals surface area contributed by atoms with Crippen LogP contribution in [0.15, 0.2) is 52.5 Å². The van der Waals surface area contributed by atoms with E-state index in [-0.39, 0.29) is 0 Å². The zero-order chi connectivity index (χ0) is 13.7. The van der Waals surface area contributed by atoms with E-state index in [9.17, 15) is 0 Å². The number of hydrogen-bond donors (Lipinski definition) is 1. The van der Waals surface area contributed by atoms with E-state index in [4.69, 9.17) is 11.6 Å². The Hall–Kier alpha value is -1.03. The highest BCUT2D eigenvalue weighted by Gasteiger charge is 2.01. The van der Waals surface area contributed by atoms with E-state index >= 15 is 0 Å². The van der Waals surface area contributed by atoms with Gasteiger partial charge in [0.05, 0.1) is 0 Å². The van der Waals surface area contributed by atoms with Crippen molar-refractivity contribution >= 4 is 23.4 Å². The predicted molar refractivity (Wildman–Crippen MR) is 81.8 cm³/mol. The van der Waals surface area contributed by atoms with E-state index in [0.29, 0.717) is 6.04 Å². The van der Waals surface area contributed by atoms with Gasteiger partial charge in [-0.05, 0) is 29.8 Å². The van der Waals surface area contributed by atoms with Crippen LogP contribution in [0.25, 0.3) is 0 Å². The van der Waals surface area contributed by atoms with Crippen molar-refractivity contribution in [3.05, 3.63) is 53.2 Å². The van der Waals surface area contributed by atoms with E-state index in [1.54, 1.807) is 11.8 Å². The molecular weight excluding hydrogens is 276 g/mol. The summed E-state index contributed by atoms with van der Waals surface area (Å²) >= 11 is 7.58. The molecule has 2 nitrogen and oxygen atoms in total. The summed E-state index contributed by atoms with van der Waals surface area (Å²) in [6.07, 6.45) is 1.92. The molecule has 19 heavy (non-hydrogen) atoms. The van der Waals surface area contributed by atoms with Crippen LogP contribution in [-0.2, 0) is 6.54 Å². The first kappa shape index (κ1) is 14.4. The Morgan fingerprint density at radius 2 is 2.11 bits per heavy atom. The average molecular weight is 293 g/mol. The number of rotatable bonds is 5. The summed E-state index contributed by atoms with van der Waals surface area (Å²) in [4.78, 5) is 5.57. The highest BCUT2D eigenvalue weighted by Crippen LogP contribution is 2.27. The maximum atomic E-state index is 5.97. The normalized spacial score (nSPS) is 10.9. The molecule has 0 aliphatic carbocycles. The molecule has 0 radical (unpaired) electrons. The fraction of sp³-hybridized carbons (Fsp3) is 0.267. The minimum atomic E-state index is 0.487. The molecule has 0 saturated carbocycles. The van der Waals surface area contributed by atoms with E-state index < -0.39 is 0 Å². The Labute approximate surface area is 123 Å². The van der Waals surface area contributed by atoms with Crippen LogP contribution in [0.3, 0.4) is 0 Å². The van der Waals surface area contributed by atoms with E-state index in [1.165, 1.54) is 5.56 Å². The number of pyridine rings is 1. The molecule has 0 fully saturated rings. The molecule has 1 aromatic heterocycles. The highest BCUT2D eigenvalue weighted by atomic mass is 35.5. The van der Waals surface area contributed by atoms with Crippen molar-refractivity contribution in [1.82, 2.24) is 10.3 Å². The summed E-state index contributed by atoms with van der Waals surface area (Å²) in [5, 5.41) is 5.11. The molecule has 0 aliphatic heterocycles. The fourth-order valence-electron chi connectivity index (χ4n) is 1.55. The van der Waals surface area contributed by atoms with Gasteiger partial charge in [0.1, 0.15) is 5.03 Å². The lowest BCUT2D eigenvalue weighted by Gasteiger charge is -2.08. The molecule has 0 saturated heterocycles. The van der Waals surface area contributed by atoms with Gasteiger partial charge in [0.2, 0.25) is 0 Å². The number of benzene rings is 1. The lowest BCUT2D eigenvalue weighted by atomic mass is 10.2. The second-order valence-electron chi connectivity index (χ2n) is 4.60. The van der Waals surface area contributed by atoms with Crippen molar-refractivity contribution in [2.24, 2.45) is 0 Å². The monoisotopic (exact) mass is 292 g/mol. The average Bonchev–Trinajstić information content (AvgIpc) is 2.38. The van der Waals surface area contributed by atoms with Gasteiger partial charge >= 0.3 is 0 Å². The molecule has 1 aromatic carbocycles. The maximum Gasteiger partial charge on any atom is 0.101 e. The van der Waals surface area contributed by atoms with Crippen LogP contribution in [0.1, 0.15) is 19.4 Å². The van der Waals surface area contributed by atoms with Gasteiger partial charge in [-0.2, -0.15) is 0 Å². The Kier molecular flexibility index (Phi) is 5.25. The topological polar surface area (TPSA) is 24.9 Å². The molecule has 2 rings (SSSR count). The van der Waals surface area contributed by atoms with Gasteiger partial charge in [-0.1, -0.05) is 49.3 Å². The second-order valence-corrected chi connectivity index (χ2v) is 6.13. The Morgan fingerprint density at radius 3 is 2.74 bits per heavy atom. The van der Waals surface area contributed by atoms with Gasteiger partial charge < -0.3 is 5.32 Å². The van der Waals surface area contributed by atoms with Crippen molar-refractivity contribution in [3.8, 4) is 0 Å². The van der Waals surface area contributed by atoms with Crippen LogP contribution < -0.4 is 5.32 Å². The lowest BCUT2D eigenvalue weighted by Crippen LogP contribution is -2.21. The van der Waals surface area contributed by atoms with Crippen LogP contribution in [0, 0.1) is 0 Å². The van der Waals surface area contributed by atoms with Crippen LogP contribution in [-0.4, -0.2) is 11.0 Å². The number of aromatic nitrogens is 1. The minimum absolute atomic E-state index is 0.487. The molecule has 1 N–H and O–H groups in total. The predicted octanol–water partition coefficient (Wildman–Crippen LogP) is 4.38. The quantitative estimate of drug-likeness (QED) is 0.885. The number of halogens is 1. The molecule has 0 unspecified atom stereocenters. The molecule has 0 amide bonds. The van der Waals surface area contributed by atoms with Gasteiger partial charge in [0.25, 0.3) is 0 Å². The summed E-state index contributed by atoms with van der Waals surface area (Å²) in [6, 6.07) is 12.4. The largest absolute Gasteiger partial charge is 0.310 e. The third-order valence-corrected chi connectivity index (χ3v) is 3.71. The van der Waals surface area contributed by atoms with Gasteiger partial charge in [-0.15, -0.1) is 0 Å². The molecule has 0 spiro atoms. The molecule has 2 aromatic rings. The van der Waals surface area contributed by atoms with E-state index in [0.717, 1.165) is 21.5 Å². The number of hydrogen-bond acceptors (Lipinski definition) is 3. The molecule has 0 bridgehead atoms. The standard InChI is InChI=1S/C15H17ClN2S/c1-11(2)17-9-12-6-7-15(18-10-12)19-14-5-3-4-13(16)8-14/h3-8,10-11,17H,9H2,1-2H3. The molecule has 1 heterocycles. The number of nitrogens with zero attached hydrogens (tertiary/aromatic N) is 1. The zero-order valence-electron chi connectivity index (χ0n) is 11.1. The van der Waals surface area contributed by atoms with Crippen molar-refractivity contribution < 1.29 is 0 Å². The first-order valence-electron chi connectivity index (χ1n) is 6.25. The van der Waals surface area contributed by atoms with Crippen molar-refractivity contribution in [2.75, 3.05) is 0 Å². The molecule has 0 aliphatic rings. The third kappa shape index (κ3) is 4.86. The van der Waals surface area contributed by atoms with Gasteiger partial charge in [0, 0.05) is 28.7 Å². The Morgan fingerprint density at radius 1 is 1.26 bits per heavy atom. The first-order valence-corrected chi connectivity index (χ1v) is 7.44. The van der Waals surface area contributed by atoms with Gasteiger partial charge in [-0.3, -0.25) is 0 Å². The smallest absolute Gasteiger partial charge is 0.101 e. The van der Waals surface area contributed by atoms with Crippen molar-refractivity contribution in [3.63, 3.8) is 0 Å². The van der Waals surface area contributed by atoms with Crippen LogP contribution in [0.5, 0.6) is 0 Å². The molecule has 100 valence electrons. The third-order valence-electron chi connectivity index (χ3n) is 2.53. The summed E-state index contributed by atoms with van der Waals surface area (Å²) in [6.45, 7) is 5.13. The SMILES string of the molecule is CC(C)NCc1ccc(Sc2cccc(Cl)c2)nc1. The van der Waals surface area contributed by atoms with Crippen LogP contribution >= 0.6 is 23.4 Å². The van der Waals surface area contributed by atoms with Gasteiger partial charge in [0.15, 0.2) is 0 Å². The molecule has 4 heteroatoms. The molecular formula is C15H17ClN2S. The number of nitrogens with one attached hydrogen (secondary N) is 1. The van der Waals surface area contributed by atoms with Crippen molar-refractivity contribution in [1.29, 1.82) is 0 Å². The van der Waals surface area contributed by atoms with Gasteiger partial charge in [-0.25, -0.2) is 4.98 Å². The summed E-state index contributed by atoms with van der Waals surface area (Å²) in [5.41, 5.74) is 1.20. The lowest BCUT2D eigenvalue weighted by molar-refractivity contribution is 0.587. The summed E-state index contributed by atoms with van der Waals surface area (Å²) < 4.78 is 0. The Balaban J connectivity index is 1.98. The second kappa shape index (κ2) is 6.94. The molecule has 0 atom stereocenters. The minimum Gasteiger partial charge on any atom is -0.310 e. The summed E-state index contributed by atoms with van der Waals surface area (Å²) in [7, 11) is 0. The maximum absolute atomic E-state index is 5.97. The van der Waals surface area contributed by atoms with Crippen LogP contribution in [0.4, 0.5) is 0 Å². The van der Waals surface area contributed by atoms with E-state index in [2.05, 4.69) is 30.2 Å². The zero-order valence-corrected chi connectivity index (χ0v) is 12.6. The highest BCUT2D eigenvalue weighted by molar-refractivity contribution is 7.99. The van der Waals surface area contributed by atoms with E-state index in [1.807, 2.05) is 36.5 Å². The van der Waals surface area contributed by atoms with Crippen molar-refractivity contribution in [2.45, 2.75) is 36.4 Å². The fourth-order valence-corrected chi connectivity index (χ4v) is 2.62.